The number of aromatic nitrogens is 2. The van der Waals surface area contributed by atoms with Gasteiger partial charge in [0.1, 0.15) is 5.02 Å². The molecule has 1 rings (SSSR count). The molecule has 0 aliphatic heterocycles. The van der Waals surface area contributed by atoms with Crippen molar-refractivity contribution in [1.82, 2.24) is 9.97 Å². The van der Waals surface area contributed by atoms with Gasteiger partial charge in [-0.3, -0.25) is 0 Å². The van der Waals surface area contributed by atoms with Gasteiger partial charge in [0.15, 0.2) is 5.82 Å². The van der Waals surface area contributed by atoms with Crippen LogP contribution in [0.4, 0.5) is 11.8 Å². The van der Waals surface area contributed by atoms with Gasteiger partial charge in [-0.2, -0.15) is 4.98 Å². The molecular weight excluding hydrogens is 224 g/mol. The van der Waals surface area contributed by atoms with Crippen LogP contribution >= 0.6 is 11.6 Å². The summed E-state index contributed by atoms with van der Waals surface area (Å²) < 4.78 is 0. The molecule has 0 atom stereocenters. The molecule has 0 saturated heterocycles. The number of nitrogens with zero attached hydrogens (tertiary/aromatic N) is 3. The molecular formula is C11H19ClN4. The van der Waals surface area contributed by atoms with Crippen LogP contribution in [0.5, 0.6) is 0 Å². The quantitative estimate of drug-likeness (QED) is 0.833. The highest BCUT2D eigenvalue weighted by Gasteiger charge is 2.10. The van der Waals surface area contributed by atoms with Crippen LogP contribution in [0.2, 0.25) is 5.02 Å². The maximum Gasteiger partial charge on any atom is 0.224 e. The van der Waals surface area contributed by atoms with E-state index in [1.165, 1.54) is 0 Å². The van der Waals surface area contributed by atoms with E-state index in [4.69, 9.17) is 11.6 Å². The summed E-state index contributed by atoms with van der Waals surface area (Å²) in [5, 5.41) is 3.76. The molecule has 0 aromatic carbocycles. The number of nitrogens with one attached hydrogen (secondary N) is 1. The monoisotopic (exact) mass is 242 g/mol. The van der Waals surface area contributed by atoms with Crippen molar-refractivity contribution in [1.29, 1.82) is 0 Å². The normalized spacial score (nSPS) is 10.2. The molecule has 90 valence electrons. The van der Waals surface area contributed by atoms with Crippen LogP contribution in [0.25, 0.3) is 0 Å². The molecule has 1 aromatic heterocycles. The minimum atomic E-state index is 0.603. The standard InChI is InChI=1S/C11H19ClN4/c1-4-7-13-11-14-8-9(12)10(15-11)16(5-2)6-3/h8H,4-7H2,1-3H3,(H,13,14,15). The fraction of sp³-hybridized carbons (Fsp3) is 0.636. The lowest BCUT2D eigenvalue weighted by Gasteiger charge is -2.21. The van der Waals surface area contributed by atoms with Crippen molar-refractivity contribution in [2.45, 2.75) is 27.2 Å². The first kappa shape index (κ1) is 13.0. The average Bonchev–Trinajstić information content (AvgIpc) is 2.31. The zero-order valence-electron chi connectivity index (χ0n) is 10.1. The van der Waals surface area contributed by atoms with E-state index < -0.39 is 0 Å². The van der Waals surface area contributed by atoms with Gasteiger partial charge in [-0.1, -0.05) is 18.5 Å². The fourth-order valence-electron chi connectivity index (χ4n) is 1.43. The highest BCUT2D eigenvalue weighted by molar-refractivity contribution is 6.32. The Hall–Kier alpha value is -1.03. The molecule has 16 heavy (non-hydrogen) atoms. The van der Waals surface area contributed by atoms with Crippen molar-refractivity contribution in [3.63, 3.8) is 0 Å². The molecule has 0 saturated carbocycles. The average molecular weight is 243 g/mol. The molecule has 0 aliphatic carbocycles. The Labute approximate surface area is 102 Å². The van der Waals surface area contributed by atoms with Gasteiger partial charge < -0.3 is 10.2 Å². The minimum absolute atomic E-state index is 0.603. The summed E-state index contributed by atoms with van der Waals surface area (Å²) in [5.74, 6) is 1.45. The zero-order chi connectivity index (χ0) is 12.0. The van der Waals surface area contributed by atoms with E-state index in [0.29, 0.717) is 11.0 Å². The second-order valence-corrected chi connectivity index (χ2v) is 3.87. The molecule has 0 bridgehead atoms. The second-order valence-electron chi connectivity index (χ2n) is 3.46. The number of halogens is 1. The van der Waals surface area contributed by atoms with Gasteiger partial charge in [-0.05, 0) is 20.3 Å². The zero-order valence-corrected chi connectivity index (χ0v) is 10.9. The highest BCUT2D eigenvalue weighted by atomic mass is 35.5. The van der Waals surface area contributed by atoms with Crippen LogP contribution in [0, 0.1) is 0 Å². The van der Waals surface area contributed by atoms with Crippen molar-refractivity contribution in [2.75, 3.05) is 29.9 Å². The predicted molar refractivity (Wildman–Crippen MR) is 69.4 cm³/mol. The van der Waals surface area contributed by atoms with E-state index in [0.717, 1.165) is 31.9 Å². The number of anilines is 2. The smallest absolute Gasteiger partial charge is 0.224 e. The van der Waals surface area contributed by atoms with Crippen LogP contribution in [0.3, 0.4) is 0 Å². The van der Waals surface area contributed by atoms with Gasteiger partial charge in [-0.15, -0.1) is 0 Å². The lowest BCUT2D eigenvalue weighted by Crippen LogP contribution is -2.24. The maximum atomic E-state index is 6.09. The third kappa shape index (κ3) is 3.23. The summed E-state index contributed by atoms with van der Waals surface area (Å²) in [6.07, 6.45) is 2.70. The Bertz CT molecular complexity index is 326. The number of hydrogen-bond donors (Lipinski definition) is 1. The van der Waals surface area contributed by atoms with Gasteiger partial charge >= 0.3 is 0 Å². The number of hydrogen-bond acceptors (Lipinski definition) is 4. The van der Waals surface area contributed by atoms with E-state index in [-0.39, 0.29) is 0 Å². The largest absolute Gasteiger partial charge is 0.356 e. The van der Waals surface area contributed by atoms with Crippen molar-refractivity contribution >= 4 is 23.4 Å². The van der Waals surface area contributed by atoms with Crippen molar-refractivity contribution in [3.05, 3.63) is 11.2 Å². The lowest BCUT2D eigenvalue weighted by molar-refractivity contribution is 0.839. The Morgan fingerprint density at radius 3 is 2.56 bits per heavy atom. The Morgan fingerprint density at radius 2 is 2.00 bits per heavy atom. The van der Waals surface area contributed by atoms with Crippen LogP contribution in [0.15, 0.2) is 6.20 Å². The van der Waals surface area contributed by atoms with Crippen LogP contribution < -0.4 is 10.2 Å². The van der Waals surface area contributed by atoms with E-state index in [2.05, 4.69) is 41.0 Å². The van der Waals surface area contributed by atoms with Crippen molar-refractivity contribution < 1.29 is 0 Å². The van der Waals surface area contributed by atoms with Crippen LogP contribution in [0.1, 0.15) is 27.2 Å². The van der Waals surface area contributed by atoms with E-state index in [1.807, 2.05) is 0 Å². The second kappa shape index (κ2) is 6.53. The SMILES string of the molecule is CCCNc1ncc(Cl)c(N(CC)CC)n1. The molecule has 0 unspecified atom stereocenters. The first-order chi connectivity index (χ1) is 7.72. The molecule has 0 radical (unpaired) electrons. The third-order valence-electron chi connectivity index (χ3n) is 2.32. The predicted octanol–water partition coefficient (Wildman–Crippen LogP) is 2.80. The van der Waals surface area contributed by atoms with Crippen molar-refractivity contribution in [2.24, 2.45) is 0 Å². The molecule has 0 fully saturated rings. The summed E-state index contributed by atoms with van der Waals surface area (Å²) in [6.45, 7) is 8.93. The molecule has 1 heterocycles. The number of rotatable bonds is 6. The van der Waals surface area contributed by atoms with Crippen LogP contribution in [-0.4, -0.2) is 29.6 Å². The molecule has 0 aliphatic rings. The molecule has 0 spiro atoms. The summed E-state index contributed by atoms with van der Waals surface area (Å²) >= 11 is 6.09. The van der Waals surface area contributed by atoms with Gasteiger partial charge in [0.05, 0.1) is 6.20 Å². The Kier molecular flexibility index (Phi) is 5.32. The van der Waals surface area contributed by atoms with Crippen molar-refractivity contribution in [3.8, 4) is 0 Å². The summed E-state index contributed by atoms with van der Waals surface area (Å²) in [4.78, 5) is 10.7. The molecule has 0 amide bonds. The van der Waals surface area contributed by atoms with Gasteiger partial charge in [-0.25, -0.2) is 4.98 Å². The van der Waals surface area contributed by atoms with Crippen LogP contribution in [-0.2, 0) is 0 Å². The van der Waals surface area contributed by atoms with E-state index >= 15 is 0 Å². The fourth-order valence-corrected chi connectivity index (χ4v) is 1.64. The minimum Gasteiger partial charge on any atom is -0.356 e. The Balaban J connectivity index is 2.89. The first-order valence-corrected chi connectivity index (χ1v) is 6.12. The third-order valence-corrected chi connectivity index (χ3v) is 2.59. The topological polar surface area (TPSA) is 41.1 Å². The summed E-state index contributed by atoms with van der Waals surface area (Å²) in [7, 11) is 0. The van der Waals surface area contributed by atoms with E-state index in [9.17, 15) is 0 Å². The molecule has 4 nitrogen and oxygen atoms in total. The lowest BCUT2D eigenvalue weighted by atomic mass is 10.4. The summed E-state index contributed by atoms with van der Waals surface area (Å²) in [6, 6.07) is 0. The van der Waals surface area contributed by atoms with Gasteiger partial charge in [0.25, 0.3) is 0 Å². The Morgan fingerprint density at radius 1 is 1.31 bits per heavy atom. The maximum absolute atomic E-state index is 6.09. The summed E-state index contributed by atoms with van der Waals surface area (Å²) in [5.41, 5.74) is 0. The highest BCUT2D eigenvalue weighted by Crippen LogP contribution is 2.23. The van der Waals surface area contributed by atoms with E-state index in [1.54, 1.807) is 6.20 Å². The molecule has 5 heteroatoms. The van der Waals surface area contributed by atoms with Gasteiger partial charge in [0.2, 0.25) is 5.95 Å². The molecule has 1 aromatic rings. The first-order valence-electron chi connectivity index (χ1n) is 5.74. The van der Waals surface area contributed by atoms with Gasteiger partial charge in [0, 0.05) is 19.6 Å². The molecule has 1 N–H and O–H groups in total.